The van der Waals surface area contributed by atoms with Crippen molar-refractivity contribution in [2.45, 2.75) is 25.7 Å². The Morgan fingerprint density at radius 1 is 1.47 bits per heavy atom. The molecule has 0 aliphatic heterocycles. The van der Waals surface area contributed by atoms with Crippen molar-refractivity contribution < 1.29 is 4.79 Å². The van der Waals surface area contributed by atoms with E-state index in [0.29, 0.717) is 24.3 Å². The van der Waals surface area contributed by atoms with E-state index in [9.17, 15) is 4.79 Å². The number of amides is 1. The summed E-state index contributed by atoms with van der Waals surface area (Å²) in [6.07, 6.45) is 3.98. The highest BCUT2D eigenvalue weighted by molar-refractivity contribution is 5.78. The van der Waals surface area contributed by atoms with Crippen LogP contribution < -0.4 is 11.1 Å². The Kier molecular flexibility index (Phi) is 5.52. The fourth-order valence-corrected chi connectivity index (χ4v) is 1.32. The van der Waals surface area contributed by atoms with Crippen molar-refractivity contribution in [1.82, 2.24) is 10.3 Å². The van der Waals surface area contributed by atoms with Gasteiger partial charge in [0.15, 0.2) is 0 Å². The number of nitrogens with one attached hydrogen (secondary N) is 1. The van der Waals surface area contributed by atoms with Crippen LogP contribution in [-0.4, -0.2) is 17.4 Å². The molecule has 0 aliphatic rings. The molecule has 0 unspecified atom stereocenters. The van der Waals surface area contributed by atoms with Crippen molar-refractivity contribution in [3.8, 4) is 6.07 Å². The van der Waals surface area contributed by atoms with Crippen LogP contribution >= 0.6 is 0 Å². The first kappa shape index (κ1) is 13.0. The summed E-state index contributed by atoms with van der Waals surface area (Å²) in [5.41, 5.74) is 6.79. The molecule has 5 nitrogen and oxygen atoms in total. The SMILES string of the molecule is N#CCCCCNC(=O)Cc1ccc(N)cn1. The van der Waals surface area contributed by atoms with Crippen LogP contribution in [0, 0.1) is 11.3 Å². The number of nitriles is 1. The summed E-state index contributed by atoms with van der Waals surface area (Å²) in [6.45, 7) is 0.607. The second kappa shape index (κ2) is 7.23. The van der Waals surface area contributed by atoms with Crippen LogP contribution in [0.1, 0.15) is 25.0 Å². The van der Waals surface area contributed by atoms with Crippen LogP contribution in [0.4, 0.5) is 5.69 Å². The molecule has 0 saturated carbocycles. The van der Waals surface area contributed by atoms with Gasteiger partial charge in [-0.15, -0.1) is 0 Å². The Labute approximate surface area is 101 Å². The molecule has 1 aromatic heterocycles. The topological polar surface area (TPSA) is 91.8 Å². The number of hydrogen-bond donors (Lipinski definition) is 2. The normalized spacial score (nSPS) is 9.59. The van der Waals surface area contributed by atoms with Crippen molar-refractivity contribution >= 4 is 11.6 Å². The lowest BCUT2D eigenvalue weighted by Crippen LogP contribution is -2.26. The molecule has 1 aromatic rings. The van der Waals surface area contributed by atoms with E-state index in [0.717, 1.165) is 12.8 Å². The zero-order valence-electron chi connectivity index (χ0n) is 9.65. The van der Waals surface area contributed by atoms with Gasteiger partial charge in [0.25, 0.3) is 0 Å². The van der Waals surface area contributed by atoms with Crippen molar-refractivity contribution in [1.29, 1.82) is 5.26 Å². The number of carbonyl (C=O) groups is 1. The third-order valence-electron chi connectivity index (χ3n) is 2.23. The summed E-state index contributed by atoms with van der Waals surface area (Å²) in [7, 11) is 0. The predicted octanol–water partition coefficient (Wildman–Crippen LogP) is 1.02. The number of pyridine rings is 1. The number of nitrogens with two attached hydrogens (primary N) is 1. The summed E-state index contributed by atoms with van der Waals surface area (Å²) >= 11 is 0. The van der Waals surface area contributed by atoms with Crippen molar-refractivity contribution in [3.05, 3.63) is 24.0 Å². The Morgan fingerprint density at radius 3 is 2.94 bits per heavy atom. The summed E-state index contributed by atoms with van der Waals surface area (Å²) in [4.78, 5) is 15.5. The molecular weight excluding hydrogens is 216 g/mol. The molecule has 1 heterocycles. The highest BCUT2D eigenvalue weighted by atomic mass is 16.1. The van der Waals surface area contributed by atoms with Gasteiger partial charge in [-0.3, -0.25) is 9.78 Å². The molecule has 0 atom stereocenters. The first-order valence-electron chi connectivity index (χ1n) is 5.56. The molecule has 0 radical (unpaired) electrons. The maximum atomic E-state index is 11.5. The first-order chi connectivity index (χ1) is 8.22. The Balaban J connectivity index is 2.21. The second-order valence-electron chi connectivity index (χ2n) is 3.72. The smallest absolute Gasteiger partial charge is 0.226 e. The molecule has 0 aliphatic carbocycles. The van der Waals surface area contributed by atoms with Crippen LogP contribution in [0.15, 0.2) is 18.3 Å². The molecule has 1 rings (SSSR count). The number of rotatable bonds is 6. The maximum absolute atomic E-state index is 11.5. The third-order valence-corrected chi connectivity index (χ3v) is 2.23. The Hall–Kier alpha value is -2.09. The molecule has 3 N–H and O–H groups in total. The van der Waals surface area contributed by atoms with Crippen LogP contribution in [0.25, 0.3) is 0 Å². The van der Waals surface area contributed by atoms with Gasteiger partial charge in [0.2, 0.25) is 5.91 Å². The average Bonchev–Trinajstić information content (AvgIpc) is 2.32. The summed E-state index contributed by atoms with van der Waals surface area (Å²) < 4.78 is 0. The van der Waals surface area contributed by atoms with E-state index in [4.69, 9.17) is 11.0 Å². The largest absolute Gasteiger partial charge is 0.397 e. The number of aromatic nitrogens is 1. The molecular formula is C12H16N4O. The predicted molar refractivity (Wildman–Crippen MR) is 64.8 cm³/mol. The summed E-state index contributed by atoms with van der Waals surface area (Å²) in [6, 6.07) is 5.53. The van der Waals surface area contributed by atoms with Crippen molar-refractivity contribution in [2.24, 2.45) is 0 Å². The fraction of sp³-hybridized carbons (Fsp3) is 0.417. The first-order valence-corrected chi connectivity index (χ1v) is 5.56. The van der Waals surface area contributed by atoms with Crippen LogP contribution in [-0.2, 0) is 11.2 Å². The van der Waals surface area contributed by atoms with Crippen molar-refractivity contribution in [2.75, 3.05) is 12.3 Å². The lowest BCUT2D eigenvalue weighted by Gasteiger charge is -2.04. The highest BCUT2D eigenvalue weighted by Gasteiger charge is 2.03. The molecule has 0 bridgehead atoms. The second-order valence-corrected chi connectivity index (χ2v) is 3.72. The molecule has 90 valence electrons. The van der Waals surface area contributed by atoms with Crippen LogP contribution in [0.3, 0.4) is 0 Å². The fourth-order valence-electron chi connectivity index (χ4n) is 1.32. The van der Waals surface area contributed by atoms with E-state index in [1.54, 1.807) is 12.1 Å². The van der Waals surface area contributed by atoms with Gasteiger partial charge in [0.05, 0.1) is 24.4 Å². The lowest BCUT2D eigenvalue weighted by atomic mass is 10.2. The van der Waals surface area contributed by atoms with Gasteiger partial charge in [0.1, 0.15) is 0 Å². The quantitative estimate of drug-likeness (QED) is 0.716. The van der Waals surface area contributed by atoms with E-state index in [1.165, 1.54) is 6.20 Å². The zero-order valence-corrected chi connectivity index (χ0v) is 9.65. The van der Waals surface area contributed by atoms with E-state index in [2.05, 4.69) is 16.4 Å². The molecule has 0 spiro atoms. The molecule has 17 heavy (non-hydrogen) atoms. The summed E-state index contributed by atoms with van der Waals surface area (Å²) in [5, 5.41) is 11.1. The number of nitrogen functional groups attached to an aromatic ring is 1. The molecule has 1 amide bonds. The minimum absolute atomic E-state index is 0.0563. The van der Waals surface area contributed by atoms with Gasteiger partial charge in [0, 0.05) is 18.7 Å². The van der Waals surface area contributed by atoms with Gasteiger partial charge < -0.3 is 11.1 Å². The lowest BCUT2D eigenvalue weighted by molar-refractivity contribution is -0.120. The number of hydrogen-bond acceptors (Lipinski definition) is 4. The van der Waals surface area contributed by atoms with Crippen molar-refractivity contribution in [3.63, 3.8) is 0 Å². The van der Waals surface area contributed by atoms with Gasteiger partial charge in [-0.25, -0.2) is 0 Å². The minimum Gasteiger partial charge on any atom is -0.397 e. The zero-order chi connectivity index (χ0) is 12.5. The monoisotopic (exact) mass is 232 g/mol. The third kappa shape index (κ3) is 5.52. The van der Waals surface area contributed by atoms with Gasteiger partial charge in [-0.05, 0) is 25.0 Å². The van der Waals surface area contributed by atoms with E-state index >= 15 is 0 Å². The Morgan fingerprint density at radius 2 is 2.29 bits per heavy atom. The standard InChI is InChI=1S/C12H16N4O/c13-6-2-1-3-7-15-12(17)8-11-5-4-10(14)9-16-11/h4-5,9H,1-3,7-8,14H2,(H,15,17). The van der Waals surface area contributed by atoms with Crippen LogP contribution in [0.2, 0.25) is 0 Å². The molecule has 0 saturated heterocycles. The van der Waals surface area contributed by atoms with E-state index in [-0.39, 0.29) is 12.3 Å². The highest BCUT2D eigenvalue weighted by Crippen LogP contribution is 2.01. The number of carbonyl (C=O) groups excluding carboxylic acids is 1. The number of anilines is 1. The Bertz CT molecular complexity index is 394. The maximum Gasteiger partial charge on any atom is 0.226 e. The minimum atomic E-state index is -0.0563. The van der Waals surface area contributed by atoms with Crippen LogP contribution in [0.5, 0.6) is 0 Å². The molecule has 0 fully saturated rings. The average molecular weight is 232 g/mol. The van der Waals surface area contributed by atoms with Gasteiger partial charge in [-0.1, -0.05) is 0 Å². The molecule has 5 heteroatoms. The van der Waals surface area contributed by atoms with E-state index in [1.807, 2.05) is 0 Å². The van der Waals surface area contributed by atoms with E-state index < -0.39 is 0 Å². The number of nitrogens with zero attached hydrogens (tertiary/aromatic N) is 2. The van der Waals surface area contributed by atoms with Gasteiger partial charge >= 0.3 is 0 Å². The molecule has 0 aromatic carbocycles. The number of unbranched alkanes of at least 4 members (excludes halogenated alkanes) is 2. The van der Waals surface area contributed by atoms with Gasteiger partial charge in [-0.2, -0.15) is 5.26 Å². The summed E-state index contributed by atoms with van der Waals surface area (Å²) in [5.74, 6) is -0.0563.